The van der Waals surface area contributed by atoms with Gasteiger partial charge in [0, 0.05) is 0 Å². The number of halogens is 3. The molecule has 1 aliphatic rings. The third kappa shape index (κ3) is 4.74. The Kier molecular flexibility index (Phi) is 5.34. The van der Waals surface area contributed by atoms with Crippen LogP contribution in [0.5, 0.6) is 5.75 Å². The van der Waals surface area contributed by atoms with Crippen molar-refractivity contribution < 1.29 is 27.8 Å². The summed E-state index contributed by atoms with van der Waals surface area (Å²) in [7, 11) is 0. The van der Waals surface area contributed by atoms with Crippen molar-refractivity contribution >= 4 is 5.97 Å². The van der Waals surface area contributed by atoms with Crippen LogP contribution in [0, 0.1) is 11.8 Å². The van der Waals surface area contributed by atoms with Crippen LogP contribution in [0.2, 0.25) is 0 Å². The Labute approximate surface area is 132 Å². The molecule has 1 aromatic rings. The lowest BCUT2D eigenvalue weighted by Crippen LogP contribution is -2.25. The van der Waals surface area contributed by atoms with Gasteiger partial charge in [-0.2, -0.15) is 0 Å². The van der Waals surface area contributed by atoms with Crippen LogP contribution in [0.25, 0.3) is 0 Å². The van der Waals surface area contributed by atoms with Crippen molar-refractivity contribution in [2.45, 2.75) is 38.0 Å². The number of aliphatic carboxylic acids is 1. The minimum atomic E-state index is -4.68. The third-order valence-corrected chi connectivity index (χ3v) is 4.40. The summed E-state index contributed by atoms with van der Waals surface area (Å²) < 4.78 is 40.3. The first-order chi connectivity index (χ1) is 10.8. The van der Waals surface area contributed by atoms with Gasteiger partial charge in [0.1, 0.15) is 5.75 Å². The second kappa shape index (κ2) is 7.06. The molecule has 6 heteroatoms. The largest absolute Gasteiger partial charge is 0.573 e. The Balaban J connectivity index is 1.95. The zero-order valence-electron chi connectivity index (χ0n) is 12.6. The van der Waals surface area contributed by atoms with Crippen LogP contribution in [0.1, 0.15) is 37.2 Å². The first-order valence-electron chi connectivity index (χ1n) is 7.51. The van der Waals surface area contributed by atoms with Gasteiger partial charge >= 0.3 is 12.3 Å². The summed E-state index contributed by atoms with van der Waals surface area (Å²) >= 11 is 0. The smallest absolute Gasteiger partial charge is 0.481 e. The molecule has 1 N–H and O–H groups in total. The molecule has 0 aliphatic heterocycles. The fraction of sp³-hybridized carbons (Fsp3) is 0.471. The Morgan fingerprint density at radius 2 is 1.78 bits per heavy atom. The summed E-state index contributed by atoms with van der Waals surface area (Å²) in [4.78, 5) is 11.2. The fourth-order valence-electron chi connectivity index (χ4n) is 3.25. The summed E-state index contributed by atoms with van der Waals surface area (Å²) in [6.45, 7) is 3.59. The van der Waals surface area contributed by atoms with Crippen LogP contribution in [-0.2, 0) is 4.79 Å². The minimum absolute atomic E-state index is 0.0779. The van der Waals surface area contributed by atoms with Crippen LogP contribution >= 0.6 is 0 Å². The number of hydrogen-bond acceptors (Lipinski definition) is 2. The van der Waals surface area contributed by atoms with Gasteiger partial charge in [0.15, 0.2) is 0 Å². The van der Waals surface area contributed by atoms with E-state index in [9.17, 15) is 18.0 Å². The van der Waals surface area contributed by atoms with Crippen molar-refractivity contribution in [3.05, 3.63) is 42.5 Å². The van der Waals surface area contributed by atoms with Gasteiger partial charge in [-0.25, -0.2) is 0 Å². The van der Waals surface area contributed by atoms with Crippen molar-refractivity contribution in [1.29, 1.82) is 0 Å². The van der Waals surface area contributed by atoms with Crippen LogP contribution < -0.4 is 4.74 Å². The zero-order valence-corrected chi connectivity index (χ0v) is 12.6. The molecular weight excluding hydrogens is 309 g/mol. The third-order valence-electron chi connectivity index (χ3n) is 4.40. The van der Waals surface area contributed by atoms with E-state index in [0.717, 1.165) is 31.2 Å². The van der Waals surface area contributed by atoms with Gasteiger partial charge in [0.05, 0.1) is 5.92 Å². The Hall–Kier alpha value is -1.98. The van der Waals surface area contributed by atoms with E-state index in [1.54, 1.807) is 12.1 Å². The van der Waals surface area contributed by atoms with Crippen molar-refractivity contribution in [2.24, 2.45) is 11.8 Å². The molecular formula is C17H19F3O3. The average Bonchev–Trinajstić information content (AvgIpc) is 2.47. The van der Waals surface area contributed by atoms with Crippen LogP contribution in [0.4, 0.5) is 13.2 Å². The highest BCUT2D eigenvalue weighted by Gasteiger charge is 2.32. The molecule has 0 spiro atoms. The lowest BCUT2D eigenvalue weighted by Gasteiger charge is -2.31. The van der Waals surface area contributed by atoms with Crippen LogP contribution in [-0.4, -0.2) is 17.4 Å². The first-order valence-corrected chi connectivity index (χ1v) is 7.51. The van der Waals surface area contributed by atoms with E-state index >= 15 is 0 Å². The maximum Gasteiger partial charge on any atom is 0.573 e. The van der Waals surface area contributed by atoms with Gasteiger partial charge in [0.25, 0.3) is 0 Å². The number of ether oxygens (including phenoxy) is 1. The summed E-state index contributed by atoms with van der Waals surface area (Å²) in [5.74, 6) is -1.29. The van der Waals surface area contributed by atoms with E-state index in [2.05, 4.69) is 11.3 Å². The molecule has 0 heterocycles. The quantitative estimate of drug-likeness (QED) is 0.794. The molecule has 1 unspecified atom stereocenters. The highest BCUT2D eigenvalue weighted by Crippen LogP contribution is 2.39. The Morgan fingerprint density at radius 3 is 2.22 bits per heavy atom. The predicted octanol–water partition coefficient (Wildman–Crippen LogP) is 4.75. The molecule has 3 nitrogen and oxygen atoms in total. The monoisotopic (exact) mass is 328 g/mol. The summed E-state index contributed by atoms with van der Waals surface area (Å²) in [5.41, 5.74) is 0.962. The van der Waals surface area contributed by atoms with E-state index in [4.69, 9.17) is 5.11 Å². The van der Waals surface area contributed by atoms with Crippen molar-refractivity contribution in [2.75, 3.05) is 0 Å². The number of carboxylic acid groups (broad SMARTS) is 1. The van der Waals surface area contributed by atoms with Gasteiger partial charge in [-0.1, -0.05) is 18.2 Å². The standard InChI is InChI=1S/C17H19F3O3/c1-2-15(16(21)22)13-5-3-11(4-6-13)12-7-9-14(10-8-12)23-17(18,19)20/h2,7-11,13,15H,1,3-6H2,(H,21,22). The minimum Gasteiger partial charge on any atom is -0.481 e. The topological polar surface area (TPSA) is 46.5 Å². The number of hydrogen-bond donors (Lipinski definition) is 1. The van der Waals surface area contributed by atoms with Gasteiger partial charge in [0.2, 0.25) is 0 Å². The van der Waals surface area contributed by atoms with Gasteiger partial charge < -0.3 is 9.84 Å². The maximum atomic E-state index is 12.1. The Bertz CT molecular complexity index is 543. The SMILES string of the molecule is C=CC(C(=O)O)C1CCC(c2ccc(OC(F)(F)F)cc2)CC1. The van der Waals surface area contributed by atoms with E-state index < -0.39 is 18.2 Å². The molecule has 126 valence electrons. The summed E-state index contributed by atoms with van der Waals surface area (Å²) in [6.07, 6.45) is -0.0147. The zero-order chi connectivity index (χ0) is 17.0. The van der Waals surface area contributed by atoms with E-state index in [1.807, 2.05) is 0 Å². The molecule has 1 saturated carbocycles. The molecule has 2 rings (SSSR count). The average molecular weight is 328 g/mol. The van der Waals surface area contributed by atoms with E-state index in [-0.39, 0.29) is 17.6 Å². The number of benzene rings is 1. The fourth-order valence-corrected chi connectivity index (χ4v) is 3.25. The van der Waals surface area contributed by atoms with Gasteiger partial charge in [-0.15, -0.1) is 19.8 Å². The lowest BCUT2D eigenvalue weighted by molar-refractivity contribution is -0.274. The number of carboxylic acids is 1. The molecule has 0 saturated heterocycles. The van der Waals surface area contributed by atoms with Crippen LogP contribution in [0.15, 0.2) is 36.9 Å². The molecule has 1 aliphatic carbocycles. The lowest BCUT2D eigenvalue weighted by atomic mass is 9.74. The van der Waals surface area contributed by atoms with Gasteiger partial charge in [-0.05, 0) is 55.2 Å². The summed E-state index contributed by atoms with van der Waals surface area (Å²) in [6, 6.07) is 5.93. The van der Waals surface area contributed by atoms with Crippen molar-refractivity contribution in [1.82, 2.24) is 0 Å². The summed E-state index contributed by atoms with van der Waals surface area (Å²) in [5, 5.41) is 9.15. The van der Waals surface area contributed by atoms with E-state index in [1.165, 1.54) is 18.2 Å². The number of rotatable bonds is 5. The molecule has 23 heavy (non-hydrogen) atoms. The second-order valence-corrected chi connectivity index (χ2v) is 5.83. The molecule has 0 radical (unpaired) electrons. The number of carbonyl (C=O) groups is 1. The normalized spacial score (nSPS) is 23.1. The molecule has 1 aromatic carbocycles. The van der Waals surface area contributed by atoms with Crippen molar-refractivity contribution in [3.63, 3.8) is 0 Å². The van der Waals surface area contributed by atoms with Crippen LogP contribution in [0.3, 0.4) is 0 Å². The predicted molar refractivity (Wildman–Crippen MR) is 79.1 cm³/mol. The highest BCUT2D eigenvalue weighted by atomic mass is 19.4. The molecule has 1 fully saturated rings. The van der Waals surface area contributed by atoms with Crippen molar-refractivity contribution in [3.8, 4) is 5.75 Å². The van der Waals surface area contributed by atoms with Gasteiger partial charge in [-0.3, -0.25) is 4.79 Å². The maximum absolute atomic E-state index is 12.1. The molecule has 0 aromatic heterocycles. The molecule has 1 atom stereocenters. The molecule has 0 bridgehead atoms. The van der Waals surface area contributed by atoms with E-state index in [0.29, 0.717) is 0 Å². The highest BCUT2D eigenvalue weighted by molar-refractivity contribution is 5.72. The number of alkyl halides is 3. The Morgan fingerprint density at radius 1 is 1.22 bits per heavy atom. The first kappa shape index (κ1) is 17.4. The molecule has 0 amide bonds. The second-order valence-electron chi connectivity index (χ2n) is 5.83.